The molecule has 0 saturated heterocycles. The van der Waals surface area contributed by atoms with Crippen LogP contribution in [0.2, 0.25) is 0 Å². The van der Waals surface area contributed by atoms with Crippen LogP contribution in [-0.4, -0.2) is 34.3 Å². The molecular weight excluding hydrogens is 587 g/mol. The topological polar surface area (TPSA) is 64.0 Å². The van der Waals surface area contributed by atoms with Crippen molar-refractivity contribution in [2.75, 3.05) is 13.2 Å². The Morgan fingerprint density at radius 2 is 1.70 bits per heavy atom. The summed E-state index contributed by atoms with van der Waals surface area (Å²) in [5, 5.41) is 3.58. The predicted molar refractivity (Wildman–Crippen MR) is 177 cm³/mol. The molecular formula is C38H42F3N3O2. The average molecular weight is 630 g/mol. The number of alkyl halides is 1. The van der Waals surface area contributed by atoms with Crippen molar-refractivity contribution < 1.29 is 22.8 Å². The van der Waals surface area contributed by atoms with Gasteiger partial charge in [-0.3, -0.25) is 14.0 Å². The molecule has 0 aliphatic rings. The van der Waals surface area contributed by atoms with Gasteiger partial charge in [0.25, 0.3) is 0 Å². The Balaban J connectivity index is 1.50. The van der Waals surface area contributed by atoms with E-state index in [4.69, 9.17) is 4.98 Å². The molecule has 0 unspecified atom stereocenters. The summed E-state index contributed by atoms with van der Waals surface area (Å²) in [7, 11) is 0. The number of aromatic nitrogens is 2. The van der Waals surface area contributed by atoms with Crippen LogP contribution in [0.1, 0.15) is 90.5 Å². The molecule has 0 spiro atoms. The van der Waals surface area contributed by atoms with E-state index >= 15 is 0 Å². The van der Waals surface area contributed by atoms with E-state index in [-0.39, 0.29) is 29.1 Å². The highest BCUT2D eigenvalue weighted by Crippen LogP contribution is 2.28. The highest BCUT2D eigenvalue weighted by atomic mass is 19.1. The van der Waals surface area contributed by atoms with Crippen LogP contribution in [0, 0.1) is 17.6 Å². The number of ketones is 2. The van der Waals surface area contributed by atoms with Gasteiger partial charge in [0.1, 0.15) is 17.5 Å². The van der Waals surface area contributed by atoms with Gasteiger partial charge in [0, 0.05) is 29.4 Å². The second kappa shape index (κ2) is 17.4. The molecule has 5 nitrogen and oxygen atoms in total. The van der Waals surface area contributed by atoms with Crippen LogP contribution in [-0.2, 0) is 6.54 Å². The molecule has 1 N–H and O–H groups in total. The van der Waals surface area contributed by atoms with Gasteiger partial charge in [-0.15, -0.1) is 0 Å². The second-order valence-electron chi connectivity index (χ2n) is 11.6. The quantitative estimate of drug-likeness (QED) is 0.0678. The van der Waals surface area contributed by atoms with Crippen LogP contribution in [0.4, 0.5) is 13.2 Å². The zero-order valence-corrected chi connectivity index (χ0v) is 26.5. The lowest BCUT2D eigenvalue weighted by molar-refractivity contribution is 0.0993. The molecule has 8 heteroatoms. The summed E-state index contributed by atoms with van der Waals surface area (Å²) in [6.07, 6.45) is 9.54. The minimum absolute atomic E-state index is 0.102. The van der Waals surface area contributed by atoms with Crippen molar-refractivity contribution in [1.82, 2.24) is 14.9 Å². The van der Waals surface area contributed by atoms with Crippen molar-refractivity contribution in [3.63, 3.8) is 0 Å². The Labute approximate surface area is 269 Å². The molecule has 0 saturated carbocycles. The van der Waals surface area contributed by atoms with Crippen LogP contribution < -0.4 is 5.32 Å². The van der Waals surface area contributed by atoms with E-state index in [9.17, 15) is 22.8 Å². The van der Waals surface area contributed by atoms with Gasteiger partial charge in [-0.25, -0.2) is 13.8 Å². The van der Waals surface area contributed by atoms with Crippen molar-refractivity contribution in [3.05, 3.63) is 125 Å². The Kier molecular flexibility index (Phi) is 13.1. The number of allylic oxidation sites excluding steroid dienone is 2. The predicted octanol–water partition coefficient (Wildman–Crippen LogP) is 9.10. The Hall–Kier alpha value is -4.30. The van der Waals surface area contributed by atoms with Gasteiger partial charge in [0.05, 0.1) is 18.4 Å². The summed E-state index contributed by atoms with van der Waals surface area (Å²) in [6.45, 7) is 4.02. The Bertz CT molecular complexity index is 1620. The van der Waals surface area contributed by atoms with E-state index in [1.54, 1.807) is 36.5 Å². The summed E-state index contributed by atoms with van der Waals surface area (Å²) in [6, 6.07) is 19.7. The van der Waals surface area contributed by atoms with Gasteiger partial charge in [-0.1, -0.05) is 86.9 Å². The van der Waals surface area contributed by atoms with E-state index in [0.717, 1.165) is 49.4 Å². The zero-order valence-electron chi connectivity index (χ0n) is 26.5. The molecule has 1 aromatic heterocycles. The SMILES string of the molecule is CCCCC[C@@H](NCC[C@@H](CF)C/C=C/C(=O)c1ccccc1C(C)=O)c1nc(-c2cc(F)ccc2F)cn1Cc1ccccc1. The fraction of sp³-hybridized carbons (Fsp3) is 0.342. The molecule has 2 atom stereocenters. The third-order valence-corrected chi connectivity index (χ3v) is 8.09. The first kappa shape index (κ1) is 34.6. The molecule has 3 aromatic carbocycles. The second-order valence-corrected chi connectivity index (χ2v) is 11.6. The number of benzene rings is 3. The van der Waals surface area contributed by atoms with Crippen LogP contribution in [0.5, 0.6) is 0 Å². The zero-order chi connectivity index (χ0) is 32.9. The van der Waals surface area contributed by atoms with Crippen LogP contribution in [0.15, 0.2) is 91.1 Å². The minimum atomic E-state index is -0.546. The lowest BCUT2D eigenvalue weighted by atomic mass is 9.98. The number of carbonyl (C=O) groups excluding carboxylic acids is 2. The first-order valence-corrected chi connectivity index (χ1v) is 16.0. The van der Waals surface area contributed by atoms with E-state index < -0.39 is 18.3 Å². The summed E-state index contributed by atoms with van der Waals surface area (Å²) in [5.41, 5.74) is 2.21. The van der Waals surface area contributed by atoms with E-state index in [2.05, 4.69) is 12.2 Å². The van der Waals surface area contributed by atoms with Crippen molar-refractivity contribution in [2.45, 2.75) is 65.0 Å². The molecule has 0 aliphatic heterocycles. The maximum atomic E-state index is 14.8. The van der Waals surface area contributed by atoms with Gasteiger partial charge < -0.3 is 9.88 Å². The highest BCUT2D eigenvalue weighted by Gasteiger charge is 2.22. The molecule has 242 valence electrons. The monoisotopic (exact) mass is 629 g/mol. The Morgan fingerprint density at radius 3 is 2.41 bits per heavy atom. The van der Waals surface area contributed by atoms with Gasteiger partial charge >= 0.3 is 0 Å². The normalized spacial score (nSPS) is 12.8. The number of hydrogen-bond donors (Lipinski definition) is 1. The maximum Gasteiger partial charge on any atom is 0.186 e. The number of halogens is 3. The number of imidazole rings is 1. The average Bonchev–Trinajstić information content (AvgIpc) is 3.47. The highest BCUT2D eigenvalue weighted by molar-refractivity contribution is 6.12. The molecule has 0 bridgehead atoms. The number of hydrogen-bond acceptors (Lipinski definition) is 4. The molecule has 0 radical (unpaired) electrons. The first-order valence-electron chi connectivity index (χ1n) is 16.0. The van der Waals surface area contributed by atoms with Crippen molar-refractivity contribution >= 4 is 11.6 Å². The molecule has 0 fully saturated rings. The molecule has 1 heterocycles. The molecule has 0 aliphatic carbocycles. The van der Waals surface area contributed by atoms with Gasteiger partial charge in [0.15, 0.2) is 11.6 Å². The summed E-state index contributed by atoms with van der Waals surface area (Å²) in [5.74, 6) is -1.15. The third kappa shape index (κ3) is 9.60. The largest absolute Gasteiger partial charge is 0.329 e. The first-order chi connectivity index (χ1) is 22.3. The van der Waals surface area contributed by atoms with Gasteiger partial charge in [0.2, 0.25) is 0 Å². The van der Waals surface area contributed by atoms with Crippen LogP contribution >= 0.6 is 0 Å². The minimum Gasteiger partial charge on any atom is -0.329 e. The number of nitrogens with one attached hydrogen (secondary N) is 1. The number of unbranched alkanes of at least 4 members (excludes halogenated alkanes) is 2. The van der Waals surface area contributed by atoms with Crippen molar-refractivity contribution in [2.24, 2.45) is 5.92 Å². The van der Waals surface area contributed by atoms with Crippen LogP contribution in [0.3, 0.4) is 0 Å². The van der Waals surface area contributed by atoms with Crippen molar-refractivity contribution in [3.8, 4) is 11.3 Å². The summed E-state index contributed by atoms with van der Waals surface area (Å²) >= 11 is 0. The van der Waals surface area contributed by atoms with E-state index in [1.165, 1.54) is 13.0 Å². The fourth-order valence-corrected chi connectivity index (χ4v) is 5.54. The summed E-state index contributed by atoms with van der Waals surface area (Å²) in [4.78, 5) is 29.5. The Morgan fingerprint density at radius 1 is 0.957 bits per heavy atom. The van der Waals surface area contributed by atoms with Gasteiger partial charge in [-0.2, -0.15) is 0 Å². The van der Waals surface area contributed by atoms with Crippen molar-refractivity contribution in [1.29, 1.82) is 0 Å². The van der Waals surface area contributed by atoms with E-state index in [0.29, 0.717) is 48.6 Å². The number of Topliss-reactive ketones (excluding diaryl/α,β-unsaturated/α-hetero) is 1. The smallest absolute Gasteiger partial charge is 0.186 e. The molecule has 4 rings (SSSR count). The molecule has 0 amide bonds. The fourth-order valence-electron chi connectivity index (χ4n) is 5.54. The lowest BCUT2D eigenvalue weighted by Crippen LogP contribution is -2.27. The van der Waals surface area contributed by atoms with E-state index in [1.807, 2.05) is 34.9 Å². The molecule has 4 aromatic rings. The van der Waals surface area contributed by atoms with Crippen LogP contribution in [0.25, 0.3) is 11.3 Å². The number of carbonyl (C=O) groups is 2. The standard InChI is InChI=1S/C38H42F3N3O2/c1-3-4-6-17-35(42-22-21-28(24-39)14-11-18-37(46)32-16-10-9-15-31(32)27(2)45)38-43-36(33-23-30(40)19-20-34(33)41)26-44(38)25-29-12-7-5-8-13-29/h5,7-13,15-16,18-20,23,26,28,35,42H,3-4,6,14,17,21-22,24-25H2,1-2H3/b18-11+/t28-,35+/m0/s1. The number of rotatable bonds is 18. The maximum absolute atomic E-state index is 14.8. The molecule has 46 heavy (non-hydrogen) atoms. The third-order valence-electron chi connectivity index (χ3n) is 8.09. The van der Waals surface area contributed by atoms with Gasteiger partial charge in [-0.05, 0) is 68.5 Å². The summed E-state index contributed by atoms with van der Waals surface area (Å²) < 4.78 is 45.0. The lowest BCUT2D eigenvalue weighted by Gasteiger charge is -2.21. The number of nitrogens with zero attached hydrogens (tertiary/aromatic N) is 2.